The molecule has 1 aliphatic heterocycles. The van der Waals surface area contributed by atoms with Gasteiger partial charge in [-0.05, 0) is 52.3 Å². The van der Waals surface area contributed by atoms with Gasteiger partial charge in [0.15, 0.2) is 0 Å². The molecule has 2 unspecified atom stereocenters. The van der Waals surface area contributed by atoms with Gasteiger partial charge in [-0.2, -0.15) is 0 Å². The highest BCUT2D eigenvalue weighted by molar-refractivity contribution is 5.87. The van der Waals surface area contributed by atoms with E-state index in [1.54, 1.807) is 13.1 Å². The summed E-state index contributed by atoms with van der Waals surface area (Å²) in [5, 5.41) is 11.7. The van der Waals surface area contributed by atoms with Crippen LogP contribution in [0.3, 0.4) is 0 Å². The van der Waals surface area contributed by atoms with Crippen LogP contribution in [0.2, 0.25) is 0 Å². The fourth-order valence-electron chi connectivity index (χ4n) is 3.87. The lowest BCUT2D eigenvalue weighted by atomic mass is 9.97. The highest BCUT2D eigenvalue weighted by Crippen LogP contribution is 2.24. The summed E-state index contributed by atoms with van der Waals surface area (Å²) in [7, 11) is 1.81. The Bertz CT molecular complexity index is 687. The average molecular weight is 462 g/mol. The van der Waals surface area contributed by atoms with Crippen LogP contribution in [-0.2, 0) is 4.74 Å². The zero-order valence-electron chi connectivity index (χ0n) is 21.6. The Morgan fingerprint density at radius 3 is 2.45 bits per heavy atom. The summed E-state index contributed by atoms with van der Waals surface area (Å²) in [6.45, 7) is 15.7. The van der Waals surface area contributed by atoms with E-state index in [0.29, 0.717) is 12.2 Å². The SMILES string of the molecule is C=C(C)CN1CCC(OC2CCCCC2)C1.CCCC.CNC(C)c1cc(C(=O)O)ccn1. The third-order valence-corrected chi connectivity index (χ3v) is 6.06. The van der Waals surface area contributed by atoms with Crippen molar-refractivity contribution < 1.29 is 14.6 Å². The first-order valence-corrected chi connectivity index (χ1v) is 12.7. The highest BCUT2D eigenvalue weighted by atomic mass is 16.5. The Morgan fingerprint density at radius 1 is 1.24 bits per heavy atom. The van der Waals surface area contributed by atoms with Gasteiger partial charge in [0.2, 0.25) is 0 Å². The van der Waals surface area contributed by atoms with Gasteiger partial charge in [0.05, 0.1) is 23.5 Å². The molecule has 0 radical (unpaired) electrons. The standard InChI is InChI=1S/C14H25NO.C9H12N2O2.C4H10/c1-12(2)10-15-9-8-14(11-15)16-13-6-4-3-5-7-13;1-6(10-2)8-5-7(9(12)13)3-4-11-8;1-3-4-2/h13-14H,1,3-11H2,2H3;3-6,10H,1-2H3,(H,12,13);3-4H2,1-2H3. The second kappa shape index (κ2) is 16.8. The van der Waals surface area contributed by atoms with Crippen molar-refractivity contribution in [2.24, 2.45) is 0 Å². The van der Waals surface area contributed by atoms with Gasteiger partial charge in [-0.1, -0.05) is 58.1 Å². The number of unbranched alkanes of at least 4 members (excludes halogenated alkanes) is 1. The van der Waals surface area contributed by atoms with Crippen molar-refractivity contribution >= 4 is 5.97 Å². The minimum Gasteiger partial charge on any atom is -0.478 e. The van der Waals surface area contributed by atoms with E-state index in [1.807, 2.05) is 6.92 Å². The summed E-state index contributed by atoms with van der Waals surface area (Å²) in [5.41, 5.74) is 2.27. The number of carbonyl (C=O) groups is 1. The van der Waals surface area contributed by atoms with Crippen LogP contribution in [-0.4, -0.2) is 59.8 Å². The molecule has 2 aliphatic rings. The number of ether oxygens (including phenoxy) is 1. The lowest BCUT2D eigenvalue weighted by Gasteiger charge is -2.25. The van der Waals surface area contributed by atoms with Crippen LogP contribution in [0.25, 0.3) is 0 Å². The van der Waals surface area contributed by atoms with Crippen LogP contribution in [0.1, 0.15) is 101 Å². The number of carboxylic acid groups (broad SMARTS) is 1. The minimum absolute atomic E-state index is 0.0688. The quantitative estimate of drug-likeness (QED) is 0.473. The number of carboxylic acids is 1. The van der Waals surface area contributed by atoms with Gasteiger partial charge < -0.3 is 15.2 Å². The zero-order valence-corrected chi connectivity index (χ0v) is 21.6. The first-order chi connectivity index (χ1) is 15.8. The molecule has 2 N–H and O–H groups in total. The fraction of sp³-hybridized carbons (Fsp3) is 0.704. The van der Waals surface area contributed by atoms with Crippen LogP contribution >= 0.6 is 0 Å². The van der Waals surface area contributed by atoms with E-state index in [9.17, 15) is 4.79 Å². The Balaban J connectivity index is 0.000000289. The van der Waals surface area contributed by atoms with E-state index in [-0.39, 0.29) is 11.6 Å². The van der Waals surface area contributed by atoms with Gasteiger partial charge in [-0.25, -0.2) is 4.79 Å². The number of nitrogens with one attached hydrogen (secondary N) is 1. The summed E-state index contributed by atoms with van der Waals surface area (Å²) in [5.74, 6) is -0.924. The second-order valence-corrected chi connectivity index (χ2v) is 9.28. The smallest absolute Gasteiger partial charge is 0.335 e. The zero-order chi connectivity index (χ0) is 24.6. The molecule has 1 saturated carbocycles. The van der Waals surface area contributed by atoms with E-state index < -0.39 is 5.97 Å². The molecule has 2 heterocycles. The molecule has 1 saturated heterocycles. The minimum atomic E-state index is -0.924. The molecule has 188 valence electrons. The predicted molar refractivity (Wildman–Crippen MR) is 137 cm³/mol. The molecule has 6 heteroatoms. The van der Waals surface area contributed by atoms with Crippen LogP contribution in [0.5, 0.6) is 0 Å². The first kappa shape index (κ1) is 29.3. The third-order valence-electron chi connectivity index (χ3n) is 6.06. The molecular weight excluding hydrogens is 414 g/mol. The normalized spacial score (nSPS) is 19.6. The van der Waals surface area contributed by atoms with Gasteiger partial charge in [-0.15, -0.1) is 0 Å². The molecular formula is C27H47N3O3. The first-order valence-electron chi connectivity index (χ1n) is 12.7. The summed E-state index contributed by atoms with van der Waals surface area (Å²) in [6.07, 6.45) is 13.1. The number of aromatic nitrogens is 1. The molecule has 1 aromatic rings. The summed E-state index contributed by atoms with van der Waals surface area (Å²) in [4.78, 5) is 17.2. The molecule has 1 aromatic heterocycles. The molecule has 0 bridgehead atoms. The second-order valence-electron chi connectivity index (χ2n) is 9.28. The largest absolute Gasteiger partial charge is 0.478 e. The lowest BCUT2D eigenvalue weighted by Crippen LogP contribution is -2.28. The number of pyridine rings is 1. The molecule has 0 spiro atoms. The van der Waals surface area contributed by atoms with E-state index in [2.05, 4.69) is 42.6 Å². The summed E-state index contributed by atoms with van der Waals surface area (Å²) in [6, 6.07) is 3.12. The van der Waals surface area contributed by atoms with E-state index in [4.69, 9.17) is 9.84 Å². The predicted octanol–water partition coefficient (Wildman–Crippen LogP) is 5.85. The molecule has 0 amide bonds. The molecule has 2 atom stereocenters. The summed E-state index contributed by atoms with van der Waals surface area (Å²) >= 11 is 0. The molecule has 2 fully saturated rings. The van der Waals surface area contributed by atoms with Crippen molar-refractivity contribution in [3.8, 4) is 0 Å². The Hall–Kier alpha value is -1.76. The van der Waals surface area contributed by atoms with Crippen molar-refractivity contribution in [2.45, 2.75) is 97.3 Å². The van der Waals surface area contributed by atoms with Gasteiger partial charge in [-0.3, -0.25) is 9.88 Å². The van der Waals surface area contributed by atoms with Crippen LogP contribution in [0, 0.1) is 0 Å². The maximum atomic E-state index is 10.6. The maximum Gasteiger partial charge on any atom is 0.335 e. The number of nitrogens with zero attached hydrogens (tertiary/aromatic N) is 2. The Labute approximate surface area is 201 Å². The van der Waals surface area contributed by atoms with Gasteiger partial charge >= 0.3 is 5.97 Å². The van der Waals surface area contributed by atoms with E-state index >= 15 is 0 Å². The van der Waals surface area contributed by atoms with E-state index in [1.165, 1.54) is 75.7 Å². The van der Waals surface area contributed by atoms with Crippen molar-refractivity contribution in [1.82, 2.24) is 15.2 Å². The van der Waals surface area contributed by atoms with Gasteiger partial charge in [0, 0.05) is 31.9 Å². The highest BCUT2D eigenvalue weighted by Gasteiger charge is 2.26. The topological polar surface area (TPSA) is 74.7 Å². The number of hydrogen-bond donors (Lipinski definition) is 2. The molecule has 1 aliphatic carbocycles. The monoisotopic (exact) mass is 461 g/mol. The maximum absolute atomic E-state index is 10.6. The molecule has 0 aromatic carbocycles. The summed E-state index contributed by atoms with van der Waals surface area (Å²) < 4.78 is 6.19. The Kier molecular flexibility index (Phi) is 14.9. The van der Waals surface area contributed by atoms with Crippen LogP contribution < -0.4 is 5.32 Å². The number of likely N-dealkylation sites (tertiary alicyclic amines) is 1. The molecule has 6 nitrogen and oxygen atoms in total. The molecule has 33 heavy (non-hydrogen) atoms. The number of rotatable bonds is 8. The average Bonchev–Trinajstić information content (AvgIpc) is 3.25. The lowest BCUT2D eigenvalue weighted by molar-refractivity contribution is -0.0238. The van der Waals surface area contributed by atoms with Crippen molar-refractivity contribution in [3.63, 3.8) is 0 Å². The van der Waals surface area contributed by atoms with Crippen molar-refractivity contribution in [2.75, 3.05) is 26.7 Å². The Morgan fingerprint density at radius 2 is 1.91 bits per heavy atom. The van der Waals surface area contributed by atoms with E-state index in [0.717, 1.165) is 18.8 Å². The van der Waals surface area contributed by atoms with Gasteiger partial charge in [0.25, 0.3) is 0 Å². The fourth-order valence-corrected chi connectivity index (χ4v) is 3.87. The van der Waals surface area contributed by atoms with Crippen molar-refractivity contribution in [3.05, 3.63) is 41.7 Å². The van der Waals surface area contributed by atoms with Crippen LogP contribution in [0.15, 0.2) is 30.5 Å². The third kappa shape index (κ3) is 12.3. The molecule has 3 rings (SSSR count). The van der Waals surface area contributed by atoms with Crippen LogP contribution in [0.4, 0.5) is 0 Å². The number of aromatic carboxylic acids is 1. The van der Waals surface area contributed by atoms with Gasteiger partial charge in [0.1, 0.15) is 0 Å². The van der Waals surface area contributed by atoms with Crippen molar-refractivity contribution in [1.29, 1.82) is 0 Å². The number of hydrogen-bond acceptors (Lipinski definition) is 5.